The molecule has 2 aromatic carbocycles. The molecule has 174 valence electrons. The number of carbonyl (C=O) groups is 1. The van der Waals surface area contributed by atoms with E-state index in [0.29, 0.717) is 24.7 Å². The van der Waals surface area contributed by atoms with Gasteiger partial charge in [-0.25, -0.2) is 0 Å². The molecule has 0 aromatic heterocycles. The normalized spacial score (nSPS) is 16.6. The van der Waals surface area contributed by atoms with Crippen molar-refractivity contribution >= 4 is 5.97 Å². The monoisotopic (exact) mass is 439 g/mol. The standard InChI is InChI=1S/C27H37NO4/c1-18(29)32-23-11-9-8-10-20(23)24(28-12-14-31-15-13-28)19-16-21(26(2,3)4)25(30)22(17-19)27(5,6)7/h8-11,16-17,24,30H,12-15H2,1-7H3/t24-/m1/s1. The first-order valence-electron chi connectivity index (χ1n) is 11.4. The largest absolute Gasteiger partial charge is 0.507 e. The van der Waals surface area contributed by atoms with E-state index < -0.39 is 0 Å². The number of carbonyl (C=O) groups excluding carboxylic acids is 1. The molecule has 0 unspecified atom stereocenters. The summed E-state index contributed by atoms with van der Waals surface area (Å²) in [5, 5.41) is 11.2. The molecule has 1 saturated heterocycles. The maximum absolute atomic E-state index is 11.8. The van der Waals surface area contributed by atoms with Crippen LogP contribution in [0.3, 0.4) is 0 Å². The fourth-order valence-corrected chi connectivity index (χ4v) is 4.34. The van der Waals surface area contributed by atoms with Crippen LogP contribution >= 0.6 is 0 Å². The molecule has 1 atom stereocenters. The van der Waals surface area contributed by atoms with Gasteiger partial charge in [0.1, 0.15) is 11.5 Å². The van der Waals surface area contributed by atoms with E-state index in [-0.39, 0.29) is 22.8 Å². The second-order valence-corrected chi connectivity index (χ2v) is 10.6. The number of rotatable bonds is 4. The Morgan fingerprint density at radius 3 is 2.03 bits per heavy atom. The predicted molar refractivity (Wildman–Crippen MR) is 127 cm³/mol. The van der Waals surface area contributed by atoms with E-state index in [2.05, 4.69) is 58.6 Å². The summed E-state index contributed by atoms with van der Waals surface area (Å²) < 4.78 is 11.2. The summed E-state index contributed by atoms with van der Waals surface area (Å²) in [7, 11) is 0. The minimum Gasteiger partial charge on any atom is -0.507 e. The molecule has 0 aliphatic carbocycles. The molecule has 1 aliphatic heterocycles. The Bertz CT molecular complexity index is 927. The lowest BCUT2D eigenvalue weighted by Gasteiger charge is -2.37. The Hall–Kier alpha value is -2.37. The number of esters is 1. The summed E-state index contributed by atoms with van der Waals surface area (Å²) in [6.07, 6.45) is 0. The molecule has 1 N–H and O–H groups in total. The Balaban J connectivity index is 2.28. The summed E-state index contributed by atoms with van der Waals surface area (Å²) in [6.45, 7) is 17.0. The second kappa shape index (κ2) is 9.24. The zero-order valence-electron chi connectivity index (χ0n) is 20.5. The van der Waals surface area contributed by atoms with Crippen molar-refractivity contribution in [2.75, 3.05) is 26.3 Å². The van der Waals surface area contributed by atoms with E-state index in [4.69, 9.17) is 9.47 Å². The van der Waals surface area contributed by atoms with Crippen LogP contribution in [0.15, 0.2) is 36.4 Å². The third kappa shape index (κ3) is 5.33. The first-order valence-corrected chi connectivity index (χ1v) is 11.4. The van der Waals surface area contributed by atoms with Crippen LogP contribution in [-0.4, -0.2) is 42.3 Å². The molecular formula is C27H37NO4. The van der Waals surface area contributed by atoms with Gasteiger partial charge in [-0.15, -0.1) is 0 Å². The van der Waals surface area contributed by atoms with Crippen LogP contribution in [0.5, 0.6) is 11.5 Å². The highest BCUT2D eigenvalue weighted by Gasteiger charge is 2.32. The molecular weight excluding hydrogens is 402 g/mol. The fraction of sp³-hybridized carbons (Fsp3) is 0.519. The highest BCUT2D eigenvalue weighted by atomic mass is 16.5. The van der Waals surface area contributed by atoms with Crippen LogP contribution in [-0.2, 0) is 20.4 Å². The van der Waals surface area contributed by atoms with E-state index in [0.717, 1.165) is 35.3 Å². The molecule has 0 saturated carbocycles. The minimum atomic E-state index is -0.338. The molecule has 1 fully saturated rings. The number of para-hydroxylation sites is 1. The van der Waals surface area contributed by atoms with Crippen molar-refractivity contribution in [2.45, 2.75) is 65.3 Å². The Morgan fingerprint density at radius 1 is 1.00 bits per heavy atom. The third-order valence-electron chi connectivity index (χ3n) is 5.94. The van der Waals surface area contributed by atoms with Crippen LogP contribution in [0, 0.1) is 0 Å². The molecule has 3 rings (SSSR count). The van der Waals surface area contributed by atoms with Crippen LogP contribution < -0.4 is 4.74 Å². The van der Waals surface area contributed by atoms with Crippen molar-refractivity contribution in [3.05, 3.63) is 58.7 Å². The zero-order chi connectivity index (χ0) is 23.7. The van der Waals surface area contributed by atoms with Crippen molar-refractivity contribution in [3.8, 4) is 11.5 Å². The van der Waals surface area contributed by atoms with Gasteiger partial charge in [0.25, 0.3) is 0 Å². The molecule has 5 nitrogen and oxygen atoms in total. The molecule has 32 heavy (non-hydrogen) atoms. The van der Waals surface area contributed by atoms with Crippen LogP contribution in [0.4, 0.5) is 0 Å². The second-order valence-electron chi connectivity index (χ2n) is 10.6. The number of hydrogen-bond acceptors (Lipinski definition) is 5. The highest BCUT2D eigenvalue weighted by Crippen LogP contribution is 2.44. The van der Waals surface area contributed by atoms with E-state index >= 15 is 0 Å². The number of ether oxygens (including phenoxy) is 2. The van der Waals surface area contributed by atoms with Gasteiger partial charge in [-0.3, -0.25) is 9.69 Å². The van der Waals surface area contributed by atoms with E-state index in [1.165, 1.54) is 6.92 Å². The summed E-state index contributed by atoms with van der Waals surface area (Å²) in [5.41, 5.74) is 3.40. The summed E-state index contributed by atoms with van der Waals surface area (Å²) in [4.78, 5) is 14.2. The van der Waals surface area contributed by atoms with Crippen molar-refractivity contribution in [3.63, 3.8) is 0 Å². The van der Waals surface area contributed by atoms with Crippen molar-refractivity contribution in [1.29, 1.82) is 0 Å². The summed E-state index contributed by atoms with van der Waals surface area (Å²) in [5.74, 6) is 0.594. The van der Waals surface area contributed by atoms with Crippen LogP contribution in [0.1, 0.15) is 76.8 Å². The number of hydrogen-bond donors (Lipinski definition) is 1. The number of morpholine rings is 1. The molecule has 0 bridgehead atoms. The molecule has 1 aliphatic rings. The predicted octanol–water partition coefficient (Wildman–Crippen LogP) is 5.33. The van der Waals surface area contributed by atoms with Crippen molar-refractivity contribution in [1.82, 2.24) is 4.90 Å². The molecule has 0 spiro atoms. The maximum atomic E-state index is 11.8. The van der Waals surface area contributed by atoms with Crippen LogP contribution in [0.2, 0.25) is 0 Å². The minimum absolute atomic E-state index is 0.128. The average molecular weight is 440 g/mol. The molecule has 0 amide bonds. The molecule has 2 aromatic rings. The number of benzene rings is 2. The Kier molecular flexibility index (Phi) is 7.01. The van der Waals surface area contributed by atoms with Crippen molar-refractivity contribution < 1.29 is 19.4 Å². The van der Waals surface area contributed by atoms with Gasteiger partial charge in [0.2, 0.25) is 0 Å². The lowest BCUT2D eigenvalue weighted by Crippen LogP contribution is -2.40. The van der Waals surface area contributed by atoms with E-state index in [1.807, 2.05) is 24.3 Å². The SMILES string of the molecule is CC(=O)Oc1ccccc1[C@@H](c1cc(C(C)(C)C)c(O)c(C(C)(C)C)c1)N1CCOCC1. The van der Waals surface area contributed by atoms with Gasteiger partial charge in [0, 0.05) is 25.6 Å². The van der Waals surface area contributed by atoms with Gasteiger partial charge in [0.15, 0.2) is 0 Å². The Morgan fingerprint density at radius 2 is 1.53 bits per heavy atom. The fourth-order valence-electron chi connectivity index (χ4n) is 4.34. The quantitative estimate of drug-likeness (QED) is 0.515. The van der Waals surface area contributed by atoms with Crippen LogP contribution in [0.25, 0.3) is 0 Å². The molecule has 5 heteroatoms. The smallest absolute Gasteiger partial charge is 0.308 e. The number of phenols is 1. The van der Waals surface area contributed by atoms with Gasteiger partial charge in [-0.1, -0.05) is 59.7 Å². The van der Waals surface area contributed by atoms with Gasteiger partial charge >= 0.3 is 5.97 Å². The maximum Gasteiger partial charge on any atom is 0.308 e. The van der Waals surface area contributed by atoms with Gasteiger partial charge < -0.3 is 14.6 Å². The number of aromatic hydroxyl groups is 1. The topological polar surface area (TPSA) is 59.0 Å². The lowest BCUT2D eigenvalue weighted by atomic mass is 9.77. The van der Waals surface area contributed by atoms with Crippen molar-refractivity contribution in [2.24, 2.45) is 0 Å². The van der Waals surface area contributed by atoms with Gasteiger partial charge in [-0.2, -0.15) is 0 Å². The molecule has 1 heterocycles. The van der Waals surface area contributed by atoms with Gasteiger partial charge in [-0.05, 0) is 45.7 Å². The summed E-state index contributed by atoms with van der Waals surface area (Å²) in [6, 6.07) is 11.8. The third-order valence-corrected chi connectivity index (χ3v) is 5.94. The lowest BCUT2D eigenvalue weighted by molar-refractivity contribution is -0.132. The molecule has 0 radical (unpaired) electrons. The van der Waals surface area contributed by atoms with E-state index in [1.54, 1.807) is 0 Å². The average Bonchev–Trinajstić information content (AvgIpc) is 2.69. The van der Waals surface area contributed by atoms with Gasteiger partial charge in [0.05, 0.1) is 19.3 Å². The Labute approximate surface area is 192 Å². The number of nitrogens with zero attached hydrogens (tertiary/aromatic N) is 1. The number of phenolic OH excluding ortho intramolecular Hbond substituents is 1. The van der Waals surface area contributed by atoms with E-state index in [9.17, 15) is 9.90 Å². The first-order chi connectivity index (χ1) is 14.9. The highest BCUT2D eigenvalue weighted by molar-refractivity contribution is 5.70. The summed E-state index contributed by atoms with van der Waals surface area (Å²) >= 11 is 0. The zero-order valence-corrected chi connectivity index (χ0v) is 20.5. The first kappa shape index (κ1) is 24.3.